The Morgan fingerprint density at radius 3 is 2.52 bits per heavy atom. The number of carbonyl (C=O) groups is 2. The van der Waals surface area contributed by atoms with Crippen LogP contribution < -0.4 is 15.0 Å². The summed E-state index contributed by atoms with van der Waals surface area (Å²) in [5.74, 6) is 0.764. The highest BCUT2D eigenvalue weighted by Crippen LogP contribution is 2.24. The summed E-state index contributed by atoms with van der Waals surface area (Å²) in [6, 6.07) is 7.68. The summed E-state index contributed by atoms with van der Waals surface area (Å²) >= 11 is 0. The zero-order chi connectivity index (χ0) is 16.1. The first-order valence-electron chi connectivity index (χ1n) is 8.55. The first kappa shape index (κ1) is 15.8. The van der Waals surface area contributed by atoms with Crippen molar-refractivity contribution in [3.8, 4) is 5.75 Å². The third kappa shape index (κ3) is 4.24. The van der Waals surface area contributed by atoms with Crippen LogP contribution in [0.1, 0.15) is 44.9 Å². The van der Waals surface area contributed by atoms with Gasteiger partial charge in [-0.15, -0.1) is 0 Å². The minimum Gasteiger partial charge on any atom is -0.484 e. The van der Waals surface area contributed by atoms with E-state index in [9.17, 15) is 9.59 Å². The molecule has 0 spiro atoms. The van der Waals surface area contributed by atoms with Gasteiger partial charge in [0.25, 0.3) is 5.91 Å². The molecule has 2 amide bonds. The van der Waals surface area contributed by atoms with Gasteiger partial charge in [0.2, 0.25) is 5.91 Å². The van der Waals surface area contributed by atoms with Gasteiger partial charge in [0, 0.05) is 24.7 Å². The van der Waals surface area contributed by atoms with Crippen LogP contribution in [0.4, 0.5) is 5.69 Å². The predicted molar refractivity (Wildman–Crippen MR) is 88.5 cm³/mol. The van der Waals surface area contributed by atoms with E-state index >= 15 is 0 Å². The highest BCUT2D eigenvalue weighted by Gasteiger charge is 2.21. The van der Waals surface area contributed by atoms with Gasteiger partial charge >= 0.3 is 0 Å². The molecule has 1 aromatic rings. The molecule has 5 nitrogen and oxygen atoms in total. The molecule has 3 rings (SSSR count). The predicted octanol–water partition coefficient (Wildman–Crippen LogP) is 2.64. The van der Waals surface area contributed by atoms with Gasteiger partial charge in [0.15, 0.2) is 6.61 Å². The molecule has 2 aliphatic rings. The largest absolute Gasteiger partial charge is 0.484 e. The number of hydrogen-bond donors (Lipinski definition) is 1. The van der Waals surface area contributed by atoms with Crippen molar-refractivity contribution >= 4 is 17.5 Å². The lowest BCUT2D eigenvalue weighted by Crippen LogP contribution is -2.38. The number of carbonyl (C=O) groups excluding carboxylic acids is 2. The Morgan fingerprint density at radius 1 is 1.13 bits per heavy atom. The molecule has 1 aliphatic carbocycles. The Labute approximate surface area is 137 Å². The van der Waals surface area contributed by atoms with Gasteiger partial charge in [-0.2, -0.15) is 0 Å². The van der Waals surface area contributed by atoms with Crippen LogP contribution >= 0.6 is 0 Å². The molecule has 0 atom stereocenters. The highest BCUT2D eigenvalue weighted by atomic mass is 16.5. The summed E-state index contributed by atoms with van der Waals surface area (Å²) in [4.78, 5) is 25.4. The summed E-state index contributed by atoms with van der Waals surface area (Å²) in [5.41, 5.74) is 0.895. The summed E-state index contributed by atoms with van der Waals surface area (Å²) in [5, 5.41) is 3.03. The quantitative estimate of drug-likeness (QED) is 0.908. The third-order valence-corrected chi connectivity index (χ3v) is 4.56. The molecule has 124 valence electrons. The summed E-state index contributed by atoms with van der Waals surface area (Å²) in [6.07, 6.45) is 7.35. The second-order valence-corrected chi connectivity index (χ2v) is 6.33. The molecule has 1 aromatic carbocycles. The highest BCUT2D eigenvalue weighted by molar-refractivity contribution is 5.95. The molecule has 0 radical (unpaired) electrons. The topological polar surface area (TPSA) is 58.6 Å². The van der Waals surface area contributed by atoms with E-state index in [0.717, 1.165) is 31.5 Å². The molecule has 23 heavy (non-hydrogen) atoms. The SMILES string of the molecule is O=C(COc1ccc(N2CCCC2=O)cc1)NC1CCCCC1. The van der Waals surface area contributed by atoms with Crippen LogP contribution in [0.2, 0.25) is 0 Å². The maximum absolute atomic E-state index is 11.9. The monoisotopic (exact) mass is 316 g/mol. The van der Waals surface area contributed by atoms with Crippen molar-refractivity contribution < 1.29 is 14.3 Å². The maximum atomic E-state index is 11.9. The first-order valence-corrected chi connectivity index (χ1v) is 8.55. The number of nitrogens with one attached hydrogen (secondary N) is 1. The fourth-order valence-electron chi connectivity index (χ4n) is 3.31. The van der Waals surface area contributed by atoms with Crippen LogP contribution in [0.5, 0.6) is 5.75 Å². The summed E-state index contributed by atoms with van der Waals surface area (Å²) < 4.78 is 5.54. The van der Waals surface area contributed by atoms with Gasteiger partial charge in [0.1, 0.15) is 5.75 Å². The molecular formula is C18H24N2O3. The van der Waals surface area contributed by atoms with E-state index in [2.05, 4.69) is 5.32 Å². The summed E-state index contributed by atoms with van der Waals surface area (Å²) in [6.45, 7) is 0.821. The fourth-order valence-corrected chi connectivity index (χ4v) is 3.31. The van der Waals surface area contributed by atoms with E-state index in [1.807, 2.05) is 24.3 Å². The minimum atomic E-state index is -0.0595. The average Bonchev–Trinajstić information content (AvgIpc) is 3.00. The van der Waals surface area contributed by atoms with Gasteiger partial charge in [-0.3, -0.25) is 9.59 Å². The number of rotatable bonds is 5. The van der Waals surface area contributed by atoms with Crippen LogP contribution in [0.3, 0.4) is 0 Å². The van der Waals surface area contributed by atoms with E-state index in [1.165, 1.54) is 19.3 Å². The number of amides is 2. The van der Waals surface area contributed by atoms with Crippen LogP contribution in [0.25, 0.3) is 0 Å². The van der Waals surface area contributed by atoms with Crippen molar-refractivity contribution in [1.29, 1.82) is 0 Å². The van der Waals surface area contributed by atoms with E-state index in [1.54, 1.807) is 4.90 Å². The Kier molecular flexibility index (Phi) is 5.16. The normalized spacial score (nSPS) is 19.0. The molecule has 0 unspecified atom stereocenters. The van der Waals surface area contributed by atoms with Crippen LogP contribution in [0, 0.1) is 0 Å². The maximum Gasteiger partial charge on any atom is 0.258 e. The van der Waals surface area contributed by atoms with Crippen LogP contribution in [-0.4, -0.2) is 31.0 Å². The van der Waals surface area contributed by atoms with E-state index in [-0.39, 0.29) is 18.4 Å². The standard InChI is InChI=1S/C18H24N2O3/c21-17(19-14-5-2-1-3-6-14)13-23-16-10-8-15(9-11-16)20-12-4-7-18(20)22/h8-11,14H,1-7,12-13H2,(H,19,21). The van der Waals surface area contributed by atoms with Crippen LogP contribution in [-0.2, 0) is 9.59 Å². The summed E-state index contributed by atoms with van der Waals surface area (Å²) in [7, 11) is 0. The molecule has 0 bridgehead atoms. The van der Waals surface area contributed by atoms with Crippen molar-refractivity contribution in [2.45, 2.75) is 51.0 Å². The zero-order valence-electron chi connectivity index (χ0n) is 13.4. The molecule has 1 saturated heterocycles. The van der Waals surface area contributed by atoms with Gasteiger partial charge in [-0.05, 0) is 43.5 Å². The van der Waals surface area contributed by atoms with Crippen molar-refractivity contribution in [3.63, 3.8) is 0 Å². The van der Waals surface area contributed by atoms with Gasteiger partial charge in [-0.1, -0.05) is 19.3 Å². The molecule has 1 heterocycles. The zero-order valence-corrected chi connectivity index (χ0v) is 13.4. The number of nitrogens with zero attached hydrogens (tertiary/aromatic N) is 1. The smallest absolute Gasteiger partial charge is 0.258 e. The minimum absolute atomic E-state index is 0.0402. The molecule has 1 saturated carbocycles. The molecule has 2 fully saturated rings. The van der Waals surface area contributed by atoms with E-state index in [0.29, 0.717) is 18.2 Å². The van der Waals surface area contributed by atoms with Crippen LogP contribution in [0.15, 0.2) is 24.3 Å². The Bertz CT molecular complexity index is 550. The average molecular weight is 316 g/mol. The second kappa shape index (κ2) is 7.49. The number of ether oxygens (including phenoxy) is 1. The Hall–Kier alpha value is -2.04. The fraction of sp³-hybridized carbons (Fsp3) is 0.556. The van der Waals surface area contributed by atoms with Crippen molar-refractivity contribution in [3.05, 3.63) is 24.3 Å². The molecular weight excluding hydrogens is 292 g/mol. The molecule has 5 heteroatoms. The number of hydrogen-bond acceptors (Lipinski definition) is 3. The van der Waals surface area contributed by atoms with E-state index in [4.69, 9.17) is 4.74 Å². The van der Waals surface area contributed by atoms with Gasteiger partial charge in [0.05, 0.1) is 0 Å². The van der Waals surface area contributed by atoms with Gasteiger partial charge in [-0.25, -0.2) is 0 Å². The lowest BCUT2D eigenvalue weighted by atomic mass is 9.95. The second-order valence-electron chi connectivity index (χ2n) is 6.33. The van der Waals surface area contributed by atoms with Crippen molar-refractivity contribution in [2.75, 3.05) is 18.1 Å². The lowest BCUT2D eigenvalue weighted by Gasteiger charge is -2.22. The molecule has 1 N–H and O–H groups in total. The molecule has 1 aliphatic heterocycles. The Morgan fingerprint density at radius 2 is 1.87 bits per heavy atom. The van der Waals surface area contributed by atoms with Crippen molar-refractivity contribution in [1.82, 2.24) is 5.32 Å². The van der Waals surface area contributed by atoms with E-state index < -0.39 is 0 Å². The lowest BCUT2D eigenvalue weighted by molar-refractivity contribution is -0.124. The molecule has 0 aromatic heterocycles. The first-order chi connectivity index (χ1) is 11.2. The van der Waals surface area contributed by atoms with Crippen molar-refractivity contribution in [2.24, 2.45) is 0 Å². The number of anilines is 1. The van der Waals surface area contributed by atoms with Gasteiger partial charge < -0.3 is 15.0 Å². The number of benzene rings is 1. The third-order valence-electron chi connectivity index (χ3n) is 4.56. The Balaban J connectivity index is 1.46.